The van der Waals surface area contributed by atoms with E-state index in [1.54, 1.807) is 6.26 Å². The molecule has 7 nitrogen and oxygen atoms in total. The number of hydrogen-bond acceptors (Lipinski definition) is 5. The van der Waals surface area contributed by atoms with E-state index in [-0.39, 0.29) is 0 Å². The summed E-state index contributed by atoms with van der Waals surface area (Å²) in [5, 5.41) is 7.24. The Labute approximate surface area is 143 Å². The number of ether oxygens (including phenoxy) is 2. The maximum Gasteiger partial charge on any atom is 0.193 e. The first-order chi connectivity index (χ1) is 11.8. The second-order valence-electron chi connectivity index (χ2n) is 6.40. The maximum absolute atomic E-state index is 6.07. The first kappa shape index (κ1) is 17.2. The van der Waals surface area contributed by atoms with E-state index >= 15 is 0 Å². The van der Waals surface area contributed by atoms with Crippen LogP contribution in [0.5, 0.6) is 0 Å². The van der Waals surface area contributed by atoms with Gasteiger partial charge in [0.15, 0.2) is 5.96 Å². The summed E-state index contributed by atoms with van der Waals surface area (Å²) in [6.45, 7) is 4.16. The molecule has 2 fully saturated rings. The van der Waals surface area contributed by atoms with Gasteiger partial charge in [-0.1, -0.05) is 5.16 Å². The first-order valence-corrected chi connectivity index (χ1v) is 8.93. The lowest BCUT2D eigenvalue weighted by Gasteiger charge is -2.35. The molecule has 2 saturated heterocycles. The van der Waals surface area contributed by atoms with E-state index in [0.717, 1.165) is 57.2 Å². The minimum absolute atomic E-state index is 0.300. The van der Waals surface area contributed by atoms with Crippen LogP contribution in [0.25, 0.3) is 0 Å². The number of nitrogens with zero attached hydrogens (tertiary/aromatic N) is 3. The van der Waals surface area contributed by atoms with Gasteiger partial charge >= 0.3 is 0 Å². The number of rotatable bonds is 5. The molecule has 0 amide bonds. The van der Waals surface area contributed by atoms with Crippen LogP contribution in [0.3, 0.4) is 0 Å². The number of piperidine rings is 1. The average molecular weight is 336 g/mol. The van der Waals surface area contributed by atoms with E-state index in [1.807, 2.05) is 13.1 Å². The number of aliphatic imine (C=N–C) groups is 1. The molecule has 0 bridgehead atoms. The van der Waals surface area contributed by atoms with Crippen molar-refractivity contribution in [2.24, 2.45) is 4.99 Å². The van der Waals surface area contributed by atoms with Gasteiger partial charge in [0.1, 0.15) is 12.0 Å². The molecule has 0 spiro atoms. The molecular weight excluding hydrogens is 308 g/mol. The second kappa shape index (κ2) is 9.03. The molecule has 24 heavy (non-hydrogen) atoms. The molecule has 2 aliphatic rings. The van der Waals surface area contributed by atoms with Crippen LogP contribution in [0.1, 0.15) is 37.8 Å². The van der Waals surface area contributed by atoms with E-state index in [2.05, 4.69) is 20.4 Å². The maximum atomic E-state index is 6.07. The zero-order valence-corrected chi connectivity index (χ0v) is 14.4. The molecule has 1 aromatic heterocycles. The van der Waals surface area contributed by atoms with Crippen LogP contribution in [0.4, 0.5) is 0 Å². The van der Waals surface area contributed by atoms with Gasteiger partial charge in [-0.05, 0) is 32.1 Å². The molecular formula is C17H28N4O3. The summed E-state index contributed by atoms with van der Waals surface area (Å²) >= 11 is 0. The van der Waals surface area contributed by atoms with Gasteiger partial charge in [-0.15, -0.1) is 0 Å². The number of aromatic nitrogens is 1. The van der Waals surface area contributed by atoms with Crippen molar-refractivity contribution in [1.82, 2.24) is 15.4 Å². The topological polar surface area (TPSA) is 72.1 Å². The molecule has 0 radical (unpaired) electrons. The zero-order valence-electron chi connectivity index (χ0n) is 14.4. The van der Waals surface area contributed by atoms with E-state index in [1.165, 1.54) is 12.8 Å². The molecule has 3 heterocycles. The van der Waals surface area contributed by atoms with Crippen molar-refractivity contribution in [3.63, 3.8) is 0 Å². The van der Waals surface area contributed by atoms with E-state index in [9.17, 15) is 0 Å². The summed E-state index contributed by atoms with van der Waals surface area (Å²) in [6, 6.07) is 1.85. The third-order valence-corrected chi connectivity index (χ3v) is 4.66. The summed E-state index contributed by atoms with van der Waals surface area (Å²) in [4.78, 5) is 6.64. The Hall–Kier alpha value is -1.60. The van der Waals surface area contributed by atoms with Crippen LogP contribution >= 0.6 is 0 Å². The molecule has 7 heteroatoms. The minimum Gasteiger partial charge on any atom is -0.376 e. The van der Waals surface area contributed by atoms with Crippen molar-refractivity contribution in [3.05, 3.63) is 18.0 Å². The predicted molar refractivity (Wildman–Crippen MR) is 90.8 cm³/mol. The standard InChI is InChI=1S/C17H28N4O3/c1-18-17(19-12-14-7-11-24-20-14)21-8-5-15(6-9-21)23-13-16-4-2-3-10-22-16/h7,11,15-16H,2-6,8-10,12-13H2,1H3,(H,18,19). The Bertz CT molecular complexity index is 492. The van der Waals surface area contributed by atoms with Crippen molar-refractivity contribution in [1.29, 1.82) is 0 Å². The molecule has 1 aromatic rings. The van der Waals surface area contributed by atoms with Crippen molar-refractivity contribution in [3.8, 4) is 0 Å². The summed E-state index contributed by atoms with van der Waals surface area (Å²) in [5.41, 5.74) is 0.877. The van der Waals surface area contributed by atoms with E-state index in [0.29, 0.717) is 18.8 Å². The Kier molecular flexibility index (Phi) is 6.48. The SMILES string of the molecule is CN=C(NCc1ccon1)N1CCC(OCC2CCCCO2)CC1. The third-order valence-electron chi connectivity index (χ3n) is 4.66. The highest BCUT2D eigenvalue weighted by atomic mass is 16.5. The molecule has 1 N–H and O–H groups in total. The molecule has 3 rings (SSSR count). The van der Waals surface area contributed by atoms with Gasteiger partial charge in [0.25, 0.3) is 0 Å². The highest BCUT2D eigenvalue weighted by Gasteiger charge is 2.23. The van der Waals surface area contributed by atoms with E-state index < -0.39 is 0 Å². The van der Waals surface area contributed by atoms with Crippen molar-refractivity contribution in [2.75, 3.05) is 33.4 Å². The van der Waals surface area contributed by atoms with Crippen LogP contribution in [-0.2, 0) is 16.0 Å². The van der Waals surface area contributed by atoms with Crippen LogP contribution in [0, 0.1) is 0 Å². The minimum atomic E-state index is 0.300. The smallest absolute Gasteiger partial charge is 0.193 e. The largest absolute Gasteiger partial charge is 0.376 e. The van der Waals surface area contributed by atoms with Crippen molar-refractivity contribution >= 4 is 5.96 Å². The Morgan fingerprint density at radius 1 is 1.38 bits per heavy atom. The van der Waals surface area contributed by atoms with Gasteiger partial charge in [0.05, 0.1) is 25.4 Å². The summed E-state index contributed by atoms with van der Waals surface area (Å²) in [6.07, 6.45) is 7.86. The van der Waals surface area contributed by atoms with Gasteiger partial charge in [-0.3, -0.25) is 4.99 Å². The lowest BCUT2D eigenvalue weighted by Crippen LogP contribution is -2.47. The molecule has 134 valence electrons. The Morgan fingerprint density at radius 2 is 2.25 bits per heavy atom. The summed E-state index contributed by atoms with van der Waals surface area (Å²) in [5.74, 6) is 0.909. The first-order valence-electron chi connectivity index (χ1n) is 8.93. The van der Waals surface area contributed by atoms with Gasteiger partial charge in [0, 0.05) is 32.8 Å². The second-order valence-corrected chi connectivity index (χ2v) is 6.40. The fraction of sp³-hybridized carbons (Fsp3) is 0.765. The fourth-order valence-electron chi connectivity index (χ4n) is 3.25. The lowest BCUT2D eigenvalue weighted by molar-refractivity contribution is -0.0721. The highest BCUT2D eigenvalue weighted by molar-refractivity contribution is 5.79. The van der Waals surface area contributed by atoms with Gasteiger partial charge in [-0.25, -0.2) is 0 Å². The molecule has 1 atom stereocenters. The van der Waals surface area contributed by atoms with Gasteiger partial charge in [0.2, 0.25) is 0 Å². The average Bonchev–Trinajstić information content (AvgIpc) is 3.16. The zero-order chi connectivity index (χ0) is 16.6. The molecule has 0 aliphatic carbocycles. The van der Waals surface area contributed by atoms with Gasteiger partial charge in [-0.2, -0.15) is 0 Å². The van der Waals surface area contributed by atoms with Crippen LogP contribution in [-0.4, -0.2) is 61.6 Å². The fourth-order valence-corrected chi connectivity index (χ4v) is 3.25. The number of nitrogens with one attached hydrogen (secondary N) is 1. The van der Waals surface area contributed by atoms with E-state index in [4.69, 9.17) is 14.0 Å². The Balaban J connectivity index is 1.37. The monoisotopic (exact) mass is 336 g/mol. The molecule has 0 saturated carbocycles. The van der Waals surface area contributed by atoms with Crippen LogP contribution in [0.2, 0.25) is 0 Å². The van der Waals surface area contributed by atoms with Crippen LogP contribution in [0.15, 0.2) is 21.8 Å². The highest BCUT2D eigenvalue weighted by Crippen LogP contribution is 2.18. The normalized spacial score (nSPS) is 23.5. The number of hydrogen-bond donors (Lipinski definition) is 1. The predicted octanol–water partition coefficient (Wildman–Crippen LogP) is 1.80. The van der Waals surface area contributed by atoms with Crippen LogP contribution < -0.4 is 5.32 Å². The third kappa shape index (κ3) is 4.95. The summed E-state index contributed by atoms with van der Waals surface area (Å²) in [7, 11) is 1.81. The number of guanidine groups is 1. The van der Waals surface area contributed by atoms with Gasteiger partial charge < -0.3 is 24.2 Å². The van der Waals surface area contributed by atoms with Crippen molar-refractivity contribution < 1.29 is 14.0 Å². The number of likely N-dealkylation sites (tertiary alicyclic amines) is 1. The van der Waals surface area contributed by atoms with Crippen molar-refractivity contribution in [2.45, 2.75) is 50.9 Å². The Morgan fingerprint density at radius 3 is 2.92 bits per heavy atom. The molecule has 1 unspecified atom stereocenters. The molecule has 2 aliphatic heterocycles. The molecule has 0 aromatic carbocycles. The lowest BCUT2D eigenvalue weighted by atomic mass is 10.1. The summed E-state index contributed by atoms with van der Waals surface area (Å²) < 4.78 is 16.7. The quantitative estimate of drug-likeness (QED) is 0.653.